The second-order valence-corrected chi connectivity index (χ2v) is 7.02. The Kier molecular flexibility index (Phi) is 4.45. The lowest BCUT2D eigenvalue weighted by atomic mass is 9.85. The number of anilines is 1. The number of rotatable bonds is 5. The van der Waals surface area contributed by atoms with E-state index in [1.807, 2.05) is 23.7 Å². The second-order valence-electron chi connectivity index (χ2n) is 7.02. The van der Waals surface area contributed by atoms with Crippen LogP contribution in [0.15, 0.2) is 12.1 Å². The number of hydrogen-bond acceptors (Lipinski definition) is 5. The fourth-order valence-corrected chi connectivity index (χ4v) is 4.11. The van der Waals surface area contributed by atoms with Crippen molar-refractivity contribution in [2.75, 3.05) is 19.2 Å². The summed E-state index contributed by atoms with van der Waals surface area (Å²) in [5.41, 5.74) is 2.99. The van der Waals surface area contributed by atoms with E-state index in [9.17, 15) is 4.79 Å². The number of benzene rings is 1. The number of ether oxygens (including phenoxy) is 3. The molecule has 1 aromatic heterocycles. The standard InChI is InChI=1S/C20H25N3O4/c1-5-13(6-2)23-20-18(11(3)22-23)14(9-17(24)21-20)12-7-15(25-4)19-16(8-12)26-10-27-19/h7-8,13-14H,5-6,9-10H2,1-4H3,(H,21,24). The molecule has 3 heterocycles. The molecule has 7 heteroatoms. The van der Waals surface area contributed by atoms with Gasteiger partial charge >= 0.3 is 0 Å². The van der Waals surface area contributed by atoms with Crippen molar-refractivity contribution in [2.24, 2.45) is 0 Å². The maximum Gasteiger partial charge on any atom is 0.231 e. The SMILES string of the molecule is CCC(CC)n1nc(C)c2c1NC(=O)CC2c1cc(OC)c2c(c1)OCO2. The number of aromatic nitrogens is 2. The van der Waals surface area contributed by atoms with E-state index in [2.05, 4.69) is 19.2 Å². The molecule has 27 heavy (non-hydrogen) atoms. The van der Waals surface area contributed by atoms with Gasteiger partial charge in [-0.3, -0.25) is 4.79 Å². The van der Waals surface area contributed by atoms with Crippen molar-refractivity contribution in [1.82, 2.24) is 9.78 Å². The Morgan fingerprint density at radius 3 is 2.81 bits per heavy atom. The molecule has 0 saturated heterocycles. The summed E-state index contributed by atoms with van der Waals surface area (Å²) in [4.78, 5) is 12.5. The maximum absolute atomic E-state index is 12.5. The summed E-state index contributed by atoms with van der Waals surface area (Å²) in [6, 6.07) is 4.15. The van der Waals surface area contributed by atoms with E-state index in [0.717, 1.165) is 35.5 Å². The predicted octanol–water partition coefficient (Wildman–Crippen LogP) is 3.76. The van der Waals surface area contributed by atoms with Crippen LogP contribution in [0.2, 0.25) is 0 Å². The molecule has 1 amide bonds. The van der Waals surface area contributed by atoms with Crippen LogP contribution in [0.1, 0.15) is 61.9 Å². The molecule has 1 atom stereocenters. The van der Waals surface area contributed by atoms with Gasteiger partial charge in [-0.05, 0) is 37.5 Å². The van der Waals surface area contributed by atoms with Gasteiger partial charge in [0.25, 0.3) is 0 Å². The van der Waals surface area contributed by atoms with E-state index in [1.54, 1.807) is 7.11 Å². The summed E-state index contributed by atoms with van der Waals surface area (Å²) in [7, 11) is 1.61. The first-order valence-electron chi connectivity index (χ1n) is 9.43. The summed E-state index contributed by atoms with van der Waals surface area (Å²) in [6.45, 7) is 6.47. The summed E-state index contributed by atoms with van der Waals surface area (Å²) in [5.74, 6) is 2.61. The normalized spacial score (nSPS) is 17.8. The smallest absolute Gasteiger partial charge is 0.231 e. The van der Waals surface area contributed by atoms with Gasteiger partial charge in [-0.15, -0.1) is 0 Å². The van der Waals surface area contributed by atoms with E-state index in [4.69, 9.17) is 19.3 Å². The maximum atomic E-state index is 12.5. The number of carbonyl (C=O) groups excluding carboxylic acids is 1. The molecule has 0 fully saturated rings. The minimum atomic E-state index is -0.0970. The molecule has 4 rings (SSSR count). The Hall–Kier alpha value is -2.70. The summed E-state index contributed by atoms with van der Waals surface area (Å²) in [5, 5.41) is 7.83. The lowest BCUT2D eigenvalue weighted by molar-refractivity contribution is -0.116. The van der Waals surface area contributed by atoms with E-state index < -0.39 is 0 Å². The Balaban J connectivity index is 1.84. The van der Waals surface area contributed by atoms with Crippen LogP contribution < -0.4 is 19.5 Å². The summed E-state index contributed by atoms with van der Waals surface area (Å²) in [6.07, 6.45) is 2.29. The van der Waals surface area contributed by atoms with Crippen LogP contribution in [-0.2, 0) is 4.79 Å². The first-order chi connectivity index (χ1) is 13.1. The number of amides is 1. The van der Waals surface area contributed by atoms with Gasteiger partial charge < -0.3 is 19.5 Å². The average molecular weight is 371 g/mol. The molecule has 0 radical (unpaired) electrons. The van der Waals surface area contributed by atoms with Gasteiger partial charge in [-0.25, -0.2) is 4.68 Å². The van der Waals surface area contributed by atoms with Gasteiger partial charge in [0.05, 0.1) is 18.8 Å². The van der Waals surface area contributed by atoms with Crippen molar-refractivity contribution in [3.63, 3.8) is 0 Å². The molecule has 7 nitrogen and oxygen atoms in total. The fraction of sp³-hybridized carbons (Fsp3) is 0.500. The van der Waals surface area contributed by atoms with Crippen LogP contribution in [0, 0.1) is 6.92 Å². The number of aryl methyl sites for hydroxylation is 1. The Bertz CT molecular complexity index is 886. The Labute approximate surface area is 158 Å². The molecule has 2 aliphatic rings. The molecule has 0 aliphatic carbocycles. The third kappa shape index (κ3) is 2.81. The first kappa shape index (κ1) is 17.7. The van der Waals surface area contributed by atoms with Crippen molar-refractivity contribution in [3.05, 3.63) is 29.0 Å². The molecular weight excluding hydrogens is 346 g/mol. The van der Waals surface area contributed by atoms with Gasteiger partial charge in [0, 0.05) is 17.9 Å². The van der Waals surface area contributed by atoms with Crippen LogP contribution in [0.4, 0.5) is 5.82 Å². The number of hydrogen-bond donors (Lipinski definition) is 1. The van der Waals surface area contributed by atoms with Crippen molar-refractivity contribution < 1.29 is 19.0 Å². The number of carbonyl (C=O) groups is 1. The highest BCUT2D eigenvalue weighted by atomic mass is 16.7. The number of fused-ring (bicyclic) bond motifs is 2. The highest BCUT2D eigenvalue weighted by Gasteiger charge is 2.35. The predicted molar refractivity (Wildman–Crippen MR) is 101 cm³/mol. The molecule has 1 N–H and O–H groups in total. The van der Waals surface area contributed by atoms with Crippen molar-refractivity contribution in [2.45, 2.75) is 52.0 Å². The van der Waals surface area contributed by atoms with Crippen LogP contribution in [0.3, 0.4) is 0 Å². The topological polar surface area (TPSA) is 74.6 Å². The highest BCUT2D eigenvalue weighted by Crippen LogP contribution is 2.47. The van der Waals surface area contributed by atoms with Crippen LogP contribution in [0.25, 0.3) is 0 Å². The van der Waals surface area contributed by atoms with Crippen LogP contribution in [0.5, 0.6) is 17.2 Å². The van der Waals surface area contributed by atoms with Crippen molar-refractivity contribution >= 4 is 11.7 Å². The molecule has 1 unspecified atom stereocenters. The highest BCUT2D eigenvalue weighted by molar-refractivity contribution is 5.94. The number of methoxy groups -OCH3 is 1. The summed E-state index contributed by atoms with van der Waals surface area (Å²) >= 11 is 0. The monoisotopic (exact) mass is 371 g/mol. The van der Waals surface area contributed by atoms with E-state index in [-0.39, 0.29) is 24.7 Å². The largest absolute Gasteiger partial charge is 0.493 e. The molecular formula is C20H25N3O4. The Morgan fingerprint density at radius 2 is 2.11 bits per heavy atom. The van der Waals surface area contributed by atoms with E-state index in [1.165, 1.54) is 0 Å². The average Bonchev–Trinajstić information content (AvgIpc) is 3.26. The third-order valence-corrected chi connectivity index (χ3v) is 5.50. The molecule has 144 valence electrons. The van der Waals surface area contributed by atoms with Gasteiger partial charge in [-0.2, -0.15) is 5.10 Å². The molecule has 1 aromatic carbocycles. The minimum absolute atomic E-state index is 0.00348. The lowest BCUT2D eigenvalue weighted by Gasteiger charge is -2.26. The van der Waals surface area contributed by atoms with Gasteiger partial charge in [0.2, 0.25) is 18.4 Å². The second kappa shape index (κ2) is 6.79. The van der Waals surface area contributed by atoms with Gasteiger partial charge in [0.15, 0.2) is 11.5 Å². The molecule has 0 bridgehead atoms. The third-order valence-electron chi connectivity index (χ3n) is 5.50. The van der Waals surface area contributed by atoms with Crippen molar-refractivity contribution in [3.8, 4) is 17.2 Å². The van der Waals surface area contributed by atoms with Gasteiger partial charge in [-0.1, -0.05) is 13.8 Å². The Morgan fingerprint density at radius 1 is 1.33 bits per heavy atom. The summed E-state index contributed by atoms with van der Waals surface area (Å²) < 4.78 is 18.5. The molecule has 0 saturated carbocycles. The fourth-order valence-electron chi connectivity index (χ4n) is 4.11. The lowest BCUT2D eigenvalue weighted by Crippen LogP contribution is -2.26. The van der Waals surface area contributed by atoms with Crippen LogP contribution >= 0.6 is 0 Å². The number of nitrogens with zero attached hydrogens (tertiary/aromatic N) is 2. The van der Waals surface area contributed by atoms with E-state index in [0.29, 0.717) is 23.7 Å². The zero-order valence-electron chi connectivity index (χ0n) is 16.2. The van der Waals surface area contributed by atoms with E-state index >= 15 is 0 Å². The molecule has 0 spiro atoms. The molecule has 2 aliphatic heterocycles. The molecule has 2 aromatic rings. The van der Waals surface area contributed by atoms with Crippen LogP contribution in [-0.4, -0.2) is 29.6 Å². The number of nitrogens with one attached hydrogen (secondary N) is 1. The first-order valence-corrected chi connectivity index (χ1v) is 9.43. The zero-order chi connectivity index (χ0) is 19.1. The van der Waals surface area contributed by atoms with Gasteiger partial charge in [0.1, 0.15) is 5.82 Å². The quantitative estimate of drug-likeness (QED) is 0.866. The van der Waals surface area contributed by atoms with Crippen molar-refractivity contribution in [1.29, 1.82) is 0 Å². The zero-order valence-corrected chi connectivity index (χ0v) is 16.2. The minimum Gasteiger partial charge on any atom is -0.493 e.